The minimum absolute atomic E-state index is 0.0376. The van der Waals surface area contributed by atoms with E-state index in [0.29, 0.717) is 18.1 Å². The maximum atomic E-state index is 12.1. The van der Waals surface area contributed by atoms with E-state index in [1.165, 1.54) is 11.8 Å². The molecule has 1 aromatic heterocycles. The highest BCUT2D eigenvalue weighted by Gasteiger charge is 2.42. The lowest BCUT2D eigenvalue weighted by molar-refractivity contribution is -0.143. The fourth-order valence-corrected chi connectivity index (χ4v) is 3.76. The van der Waals surface area contributed by atoms with E-state index in [-0.39, 0.29) is 36.1 Å². The minimum Gasteiger partial charge on any atom is -0.351 e. The van der Waals surface area contributed by atoms with Gasteiger partial charge in [-0.25, -0.2) is 9.97 Å². The van der Waals surface area contributed by atoms with Gasteiger partial charge in [0.1, 0.15) is 6.04 Å². The summed E-state index contributed by atoms with van der Waals surface area (Å²) in [5, 5.41) is 6.03. The zero-order valence-electron chi connectivity index (χ0n) is 13.5. The van der Waals surface area contributed by atoms with Crippen LogP contribution in [0.2, 0.25) is 0 Å². The van der Waals surface area contributed by atoms with Gasteiger partial charge in [-0.05, 0) is 26.3 Å². The highest BCUT2D eigenvalue weighted by molar-refractivity contribution is 7.99. The number of hydrogen-bond donors (Lipinski definition) is 2. The van der Waals surface area contributed by atoms with E-state index in [2.05, 4.69) is 20.6 Å². The van der Waals surface area contributed by atoms with Gasteiger partial charge < -0.3 is 15.5 Å². The number of carbonyl (C=O) groups is 3. The molecule has 2 N–H and O–H groups in total. The molecule has 2 aliphatic rings. The normalized spacial score (nSPS) is 23.0. The Bertz CT molecular complexity index is 651. The topological polar surface area (TPSA) is 104 Å². The summed E-state index contributed by atoms with van der Waals surface area (Å²) in [5.41, 5.74) is 1.73. The van der Waals surface area contributed by atoms with Crippen molar-refractivity contribution in [2.45, 2.75) is 37.5 Å². The number of aromatic nitrogens is 2. The van der Waals surface area contributed by atoms with Crippen molar-refractivity contribution in [1.29, 1.82) is 0 Å². The molecule has 1 aromatic rings. The molecule has 8 nitrogen and oxygen atoms in total. The van der Waals surface area contributed by atoms with Gasteiger partial charge in [0.25, 0.3) is 0 Å². The number of fused-ring (bicyclic) bond motifs is 1. The predicted octanol–water partition coefficient (Wildman–Crippen LogP) is -0.599. The van der Waals surface area contributed by atoms with Crippen LogP contribution in [0.15, 0.2) is 11.2 Å². The molecule has 3 rings (SSSR count). The lowest BCUT2D eigenvalue weighted by Crippen LogP contribution is -2.55. The molecule has 2 saturated heterocycles. The largest absolute Gasteiger partial charge is 0.351 e. The predicted molar refractivity (Wildman–Crippen MR) is 87.3 cm³/mol. The Balaban J connectivity index is 1.52. The van der Waals surface area contributed by atoms with E-state index < -0.39 is 6.04 Å². The molecule has 0 spiro atoms. The van der Waals surface area contributed by atoms with Crippen molar-refractivity contribution in [2.24, 2.45) is 0 Å². The number of carbonyl (C=O) groups excluding carboxylic acids is 3. The van der Waals surface area contributed by atoms with Crippen LogP contribution >= 0.6 is 11.8 Å². The smallest absolute Gasteiger partial charge is 0.243 e. The zero-order valence-corrected chi connectivity index (χ0v) is 14.4. The fourth-order valence-electron chi connectivity index (χ4n) is 3.00. The minimum atomic E-state index is -0.466. The van der Waals surface area contributed by atoms with Gasteiger partial charge >= 0.3 is 0 Å². The molecule has 0 saturated carbocycles. The number of amides is 3. The van der Waals surface area contributed by atoms with Crippen molar-refractivity contribution in [3.8, 4) is 0 Å². The Labute approximate surface area is 143 Å². The third-order valence-corrected chi connectivity index (χ3v) is 4.84. The molecule has 0 unspecified atom stereocenters. The monoisotopic (exact) mass is 349 g/mol. The Morgan fingerprint density at radius 2 is 2.08 bits per heavy atom. The summed E-state index contributed by atoms with van der Waals surface area (Å²) in [6, 6.07) is 1.21. The molecule has 0 aliphatic carbocycles. The van der Waals surface area contributed by atoms with E-state index in [4.69, 9.17) is 0 Å². The van der Waals surface area contributed by atoms with Crippen LogP contribution in [0.3, 0.4) is 0 Å². The standard InChI is InChI=1S/C15H19N5O3S/c1-8-3-9(2)18-15(17-8)24-7-12(21)19-10-4-11-14(23)16-5-13(22)20(11)6-10/h3,10-11H,4-7H2,1-2H3,(H,16,23)(H,19,21)/t10-,11-/m0/s1. The maximum absolute atomic E-state index is 12.1. The number of rotatable bonds is 4. The lowest BCUT2D eigenvalue weighted by Gasteiger charge is -2.28. The highest BCUT2D eigenvalue weighted by atomic mass is 32.2. The van der Waals surface area contributed by atoms with Crippen LogP contribution in [-0.4, -0.2) is 63.5 Å². The Kier molecular flexibility index (Phi) is 4.70. The Morgan fingerprint density at radius 1 is 1.38 bits per heavy atom. The summed E-state index contributed by atoms with van der Waals surface area (Å²) in [6.45, 7) is 4.19. The van der Waals surface area contributed by atoms with Crippen LogP contribution in [0.4, 0.5) is 0 Å². The van der Waals surface area contributed by atoms with Gasteiger partial charge in [-0.15, -0.1) is 0 Å². The second-order valence-corrected chi connectivity index (χ2v) is 6.94. The Morgan fingerprint density at radius 3 is 2.75 bits per heavy atom. The summed E-state index contributed by atoms with van der Waals surface area (Å²) in [5.74, 6) is -0.205. The van der Waals surface area contributed by atoms with Crippen molar-refractivity contribution in [1.82, 2.24) is 25.5 Å². The van der Waals surface area contributed by atoms with Crippen LogP contribution < -0.4 is 10.6 Å². The van der Waals surface area contributed by atoms with E-state index >= 15 is 0 Å². The first-order valence-corrected chi connectivity index (χ1v) is 8.72. The van der Waals surface area contributed by atoms with Crippen molar-refractivity contribution in [2.75, 3.05) is 18.8 Å². The number of aryl methyl sites for hydroxylation is 2. The van der Waals surface area contributed by atoms with Crippen LogP contribution in [0.5, 0.6) is 0 Å². The number of thioether (sulfide) groups is 1. The van der Waals surface area contributed by atoms with Crippen LogP contribution in [0.25, 0.3) is 0 Å². The van der Waals surface area contributed by atoms with Crippen LogP contribution in [0.1, 0.15) is 17.8 Å². The number of nitrogens with one attached hydrogen (secondary N) is 2. The molecule has 0 aromatic carbocycles. The molecule has 0 radical (unpaired) electrons. The molecule has 9 heteroatoms. The average Bonchev–Trinajstić information content (AvgIpc) is 2.93. The molecular weight excluding hydrogens is 330 g/mol. The zero-order chi connectivity index (χ0) is 17.3. The molecule has 128 valence electrons. The first-order valence-electron chi connectivity index (χ1n) is 7.74. The molecule has 3 heterocycles. The summed E-state index contributed by atoms with van der Waals surface area (Å²) in [7, 11) is 0. The number of hydrogen-bond acceptors (Lipinski definition) is 6. The Hall–Kier alpha value is -2.16. The van der Waals surface area contributed by atoms with Crippen molar-refractivity contribution in [3.63, 3.8) is 0 Å². The van der Waals surface area contributed by atoms with E-state index in [0.717, 1.165) is 11.4 Å². The highest BCUT2D eigenvalue weighted by Crippen LogP contribution is 2.21. The van der Waals surface area contributed by atoms with Gasteiger partial charge in [-0.1, -0.05) is 11.8 Å². The summed E-state index contributed by atoms with van der Waals surface area (Å²) in [6.07, 6.45) is 0.452. The second-order valence-electron chi connectivity index (χ2n) is 6.00. The molecule has 2 fully saturated rings. The van der Waals surface area contributed by atoms with Gasteiger partial charge in [0.05, 0.1) is 12.3 Å². The molecule has 3 amide bonds. The summed E-state index contributed by atoms with van der Waals surface area (Å²) >= 11 is 1.27. The fraction of sp³-hybridized carbons (Fsp3) is 0.533. The average molecular weight is 349 g/mol. The first-order chi connectivity index (χ1) is 11.4. The molecule has 0 bridgehead atoms. The van der Waals surface area contributed by atoms with Gasteiger partial charge in [-0.2, -0.15) is 0 Å². The van der Waals surface area contributed by atoms with E-state index in [9.17, 15) is 14.4 Å². The number of piperazine rings is 1. The molecule has 2 atom stereocenters. The van der Waals surface area contributed by atoms with Crippen LogP contribution in [-0.2, 0) is 14.4 Å². The first kappa shape index (κ1) is 16.7. The third-order valence-electron chi connectivity index (χ3n) is 4.00. The van der Waals surface area contributed by atoms with Crippen LogP contribution in [0, 0.1) is 13.8 Å². The SMILES string of the molecule is Cc1cc(C)nc(SCC(=O)N[C@H]2C[C@H]3C(=O)NCC(=O)N3C2)n1. The second kappa shape index (κ2) is 6.76. The molecule has 24 heavy (non-hydrogen) atoms. The third kappa shape index (κ3) is 3.66. The van der Waals surface area contributed by atoms with Gasteiger partial charge in [-0.3, -0.25) is 14.4 Å². The van der Waals surface area contributed by atoms with E-state index in [1.54, 1.807) is 4.90 Å². The lowest BCUT2D eigenvalue weighted by atomic mass is 10.1. The molecule has 2 aliphatic heterocycles. The van der Waals surface area contributed by atoms with E-state index in [1.807, 2.05) is 19.9 Å². The van der Waals surface area contributed by atoms with Gasteiger partial charge in [0.15, 0.2) is 5.16 Å². The van der Waals surface area contributed by atoms with Gasteiger partial charge in [0, 0.05) is 24.0 Å². The quantitative estimate of drug-likeness (QED) is 0.556. The number of nitrogens with zero attached hydrogens (tertiary/aromatic N) is 3. The van der Waals surface area contributed by atoms with Crippen molar-refractivity contribution in [3.05, 3.63) is 17.5 Å². The summed E-state index contributed by atoms with van der Waals surface area (Å²) < 4.78 is 0. The van der Waals surface area contributed by atoms with Crippen molar-refractivity contribution < 1.29 is 14.4 Å². The van der Waals surface area contributed by atoms with Crippen molar-refractivity contribution >= 4 is 29.5 Å². The molecular formula is C15H19N5O3S. The maximum Gasteiger partial charge on any atom is 0.243 e. The van der Waals surface area contributed by atoms with Gasteiger partial charge in [0.2, 0.25) is 17.7 Å². The summed E-state index contributed by atoms with van der Waals surface area (Å²) in [4.78, 5) is 45.8.